The molecule has 0 unspecified atom stereocenters. The molecule has 0 heterocycles. The van der Waals surface area contributed by atoms with Crippen LogP contribution in [0.3, 0.4) is 0 Å². The topological polar surface area (TPSA) is 87.7 Å². The molecular weight excluding hydrogens is 182 g/mol. The Morgan fingerprint density at radius 2 is 2.00 bits per heavy atom. The Labute approximate surface area is 83.3 Å². The van der Waals surface area contributed by atoms with E-state index in [9.17, 15) is 4.79 Å². The van der Waals surface area contributed by atoms with Crippen LogP contribution in [0.1, 0.15) is 32.1 Å². The monoisotopic (exact) mass is 199 g/mol. The van der Waals surface area contributed by atoms with E-state index in [1.807, 2.05) is 0 Å². The van der Waals surface area contributed by atoms with E-state index in [1.54, 1.807) is 7.05 Å². The van der Waals surface area contributed by atoms with Gasteiger partial charge in [0.05, 0.1) is 0 Å². The second kappa shape index (κ2) is 4.30. The van der Waals surface area contributed by atoms with Crippen molar-refractivity contribution in [3.8, 4) is 0 Å². The molecule has 14 heavy (non-hydrogen) atoms. The number of oxime groups is 1. The molecule has 1 rings (SSSR count). The largest absolute Gasteiger partial charge is 0.409 e. The van der Waals surface area contributed by atoms with Crippen LogP contribution >= 0.6 is 0 Å². The van der Waals surface area contributed by atoms with Gasteiger partial charge in [0.15, 0.2) is 5.84 Å². The highest BCUT2D eigenvalue weighted by atomic mass is 16.4. The zero-order valence-electron chi connectivity index (χ0n) is 8.42. The van der Waals surface area contributed by atoms with Crippen LogP contribution in [0.5, 0.6) is 0 Å². The van der Waals surface area contributed by atoms with Crippen molar-refractivity contribution in [2.45, 2.75) is 32.1 Å². The summed E-state index contributed by atoms with van der Waals surface area (Å²) in [6.45, 7) is 0. The molecule has 1 fully saturated rings. The second-order valence-electron chi connectivity index (χ2n) is 3.71. The van der Waals surface area contributed by atoms with Crippen LogP contribution in [0, 0.1) is 5.41 Å². The van der Waals surface area contributed by atoms with Crippen LogP contribution in [-0.4, -0.2) is 24.0 Å². The lowest BCUT2D eigenvalue weighted by Gasteiger charge is -2.33. The van der Waals surface area contributed by atoms with Crippen LogP contribution in [0.15, 0.2) is 5.16 Å². The van der Waals surface area contributed by atoms with Crippen molar-refractivity contribution in [1.82, 2.24) is 5.32 Å². The summed E-state index contributed by atoms with van der Waals surface area (Å²) in [6.07, 6.45) is 4.34. The van der Waals surface area contributed by atoms with Gasteiger partial charge in [-0.2, -0.15) is 0 Å². The summed E-state index contributed by atoms with van der Waals surface area (Å²) in [5.41, 5.74) is 4.82. The Morgan fingerprint density at radius 3 is 2.43 bits per heavy atom. The van der Waals surface area contributed by atoms with E-state index < -0.39 is 5.41 Å². The zero-order valence-corrected chi connectivity index (χ0v) is 8.42. The third-order valence-corrected chi connectivity index (χ3v) is 2.97. The molecule has 0 atom stereocenters. The first kappa shape index (κ1) is 10.8. The molecule has 0 saturated heterocycles. The number of amides is 1. The SMILES string of the molecule is CNC(=O)C1(C(N)=NO)CCCCC1. The molecule has 0 aromatic heterocycles. The van der Waals surface area contributed by atoms with Gasteiger partial charge in [-0.3, -0.25) is 4.79 Å². The predicted molar refractivity (Wildman–Crippen MR) is 53.0 cm³/mol. The molecule has 1 aliphatic carbocycles. The summed E-state index contributed by atoms with van der Waals surface area (Å²) >= 11 is 0. The maximum atomic E-state index is 11.7. The Kier molecular flexibility index (Phi) is 3.33. The van der Waals surface area contributed by atoms with Gasteiger partial charge in [0.2, 0.25) is 5.91 Å². The first-order chi connectivity index (χ1) is 6.67. The summed E-state index contributed by atoms with van der Waals surface area (Å²) in [6, 6.07) is 0. The van der Waals surface area contributed by atoms with Gasteiger partial charge >= 0.3 is 0 Å². The second-order valence-corrected chi connectivity index (χ2v) is 3.71. The lowest BCUT2D eigenvalue weighted by molar-refractivity contribution is -0.128. The molecule has 5 nitrogen and oxygen atoms in total. The van der Waals surface area contributed by atoms with Crippen molar-refractivity contribution >= 4 is 11.7 Å². The molecule has 5 heteroatoms. The molecular formula is C9H17N3O2. The van der Waals surface area contributed by atoms with Gasteiger partial charge in [-0.05, 0) is 12.8 Å². The number of carbonyl (C=O) groups is 1. The third-order valence-electron chi connectivity index (χ3n) is 2.97. The minimum atomic E-state index is -0.776. The number of rotatable bonds is 2. The van der Waals surface area contributed by atoms with E-state index in [4.69, 9.17) is 10.9 Å². The van der Waals surface area contributed by atoms with Gasteiger partial charge in [-0.25, -0.2) is 0 Å². The van der Waals surface area contributed by atoms with E-state index in [0.717, 1.165) is 19.3 Å². The molecule has 0 radical (unpaired) electrons. The highest BCUT2D eigenvalue weighted by molar-refractivity contribution is 6.06. The Balaban J connectivity index is 2.94. The van der Waals surface area contributed by atoms with Crippen molar-refractivity contribution in [1.29, 1.82) is 0 Å². The van der Waals surface area contributed by atoms with Crippen LogP contribution in [0.25, 0.3) is 0 Å². The number of hydrogen-bond acceptors (Lipinski definition) is 3. The average molecular weight is 199 g/mol. The first-order valence-corrected chi connectivity index (χ1v) is 4.87. The van der Waals surface area contributed by atoms with E-state index in [2.05, 4.69) is 10.5 Å². The van der Waals surface area contributed by atoms with E-state index in [-0.39, 0.29) is 11.7 Å². The van der Waals surface area contributed by atoms with Crippen molar-refractivity contribution < 1.29 is 10.0 Å². The number of carbonyl (C=O) groups excluding carboxylic acids is 1. The Morgan fingerprint density at radius 1 is 1.43 bits per heavy atom. The standard InChI is InChI=1S/C9H17N3O2/c1-11-8(13)9(7(10)12-14)5-3-2-4-6-9/h14H,2-6H2,1H3,(H2,10,12)(H,11,13). The number of hydrogen-bond donors (Lipinski definition) is 3. The van der Waals surface area contributed by atoms with Gasteiger partial charge in [0.25, 0.3) is 0 Å². The fourth-order valence-electron chi connectivity index (χ4n) is 2.09. The van der Waals surface area contributed by atoms with E-state index >= 15 is 0 Å². The van der Waals surface area contributed by atoms with Gasteiger partial charge in [0, 0.05) is 7.05 Å². The number of nitrogens with one attached hydrogen (secondary N) is 1. The quantitative estimate of drug-likeness (QED) is 0.261. The molecule has 1 aliphatic rings. The molecule has 0 bridgehead atoms. The summed E-state index contributed by atoms with van der Waals surface area (Å²) in [5, 5.41) is 14.2. The van der Waals surface area contributed by atoms with Gasteiger partial charge in [-0.1, -0.05) is 24.4 Å². The Hall–Kier alpha value is -1.26. The molecule has 1 saturated carbocycles. The third kappa shape index (κ3) is 1.66. The fraction of sp³-hybridized carbons (Fsp3) is 0.778. The molecule has 0 aliphatic heterocycles. The lowest BCUT2D eigenvalue weighted by atomic mass is 9.72. The smallest absolute Gasteiger partial charge is 0.233 e. The lowest BCUT2D eigenvalue weighted by Crippen LogP contribution is -2.50. The van der Waals surface area contributed by atoms with Crippen molar-refractivity contribution in [2.24, 2.45) is 16.3 Å². The van der Waals surface area contributed by atoms with Crippen LogP contribution in [0.4, 0.5) is 0 Å². The highest BCUT2D eigenvalue weighted by Gasteiger charge is 2.43. The molecule has 0 aromatic carbocycles. The van der Waals surface area contributed by atoms with Crippen LogP contribution in [-0.2, 0) is 4.79 Å². The normalized spacial score (nSPS) is 21.6. The van der Waals surface area contributed by atoms with Crippen molar-refractivity contribution in [3.63, 3.8) is 0 Å². The number of amidine groups is 1. The molecule has 0 aromatic rings. The maximum Gasteiger partial charge on any atom is 0.233 e. The van der Waals surface area contributed by atoms with Crippen molar-refractivity contribution in [3.05, 3.63) is 0 Å². The van der Waals surface area contributed by atoms with Gasteiger partial charge < -0.3 is 16.3 Å². The van der Waals surface area contributed by atoms with Crippen molar-refractivity contribution in [2.75, 3.05) is 7.05 Å². The summed E-state index contributed by atoms with van der Waals surface area (Å²) in [7, 11) is 1.57. The molecule has 80 valence electrons. The minimum Gasteiger partial charge on any atom is -0.409 e. The van der Waals surface area contributed by atoms with Gasteiger partial charge in [0.1, 0.15) is 5.41 Å². The summed E-state index contributed by atoms with van der Waals surface area (Å²) in [4.78, 5) is 11.7. The first-order valence-electron chi connectivity index (χ1n) is 4.87. The average Bonchev–Trinajstić information content (AvgIpc) is 2.27. The molecule has 0 spiro atoms. The zero-order chi connectivity index (χ0) is 10.6. The van der Waals surface area contributed by atoms with E-state index in [0.29, 0.717) is 12.8 Å². The molecule has 1 amide bonds. The molecule has 4 N–H and O–H groups in total. The predicted octanol–water partition coefficient (Wildman–Crippen LogP) is 0.429. The van der Waals surface area contributed by atoms with Gasteiger partial charge in [-0.15, -0.1) is 0 Å². The maximum absolute atomic E-state index is 11.7. The van der Waals surface area contributed by atoms with Crippen LogP contribution < -0.4 is 11.1 Å². The Bertz CT molecular complexity index is 244. The fourth-order valence-corrected chi connectivity index (χ4v) is 2.09. The minimum absolute atomic E-state index is 0.0385. The number of nitrogens with two attached hydrogens (primary N) is 1. The number of nitrogens with zero attached hydrogens (tertiary/aromatic N) is 1. The highest BCUT2D eigenvalue weighted by Crippen LogP contribution is 2.36. The summed E-state index contributed by atoms with van der Waals surface area (Å²) in [5.74, 6) is -0.107. The van der Waals surface area contributed by atoms with E-state index in [1.165, 1.54) is 0 Å². The summed E-state index contributed by atoms with van der Waals surface area (Å²) < 4.78 is 0. The van der Waals surface area contributed by atoms with Crippen LogP contribution in [0.2, 0.25) is 0 Å².